The fourth-order valence-corrected chi connectivity index (χ4v) is 1.38. The number of anilines is 1. The maximum atomic E-state index is 11.6. The molecule has 0 radical (unpaired) electrons. The van der Waals surface area contributed by atoms with Gasteiger partial charge in [0.15, 0.2) is 0 Å². The SMILES string of the molecule is Cc1nnc(CNC(=O)C(=O)Nc2ccc(Cl)cn2)o1. The molecular weight excluding hydrogens is 286 g/mol. The fraction of sp³-hybridized carbons (Fsp3) is 0.182. The summed E-state index contributed by atoms with van der Waals surface area (Å²) >= 11 is 5.65. The number of nitrogens with zero attached hydrogens (tertiary/aromatic N) is 3. The van der Waals surface area contributed by atoms with E-state index in [0.717, 1.165) is 0 Å². The molecule has 0 unspecified atom stereocenters. The Balaban J connectivity index is 1.85. The molecule has 0 aliphatic carbocycles. The van der Waals surface area contributed by atoms with Crippen molar-refractivity contribution in [3.63, 3.8) is 0 Å². The van der Waals surface area contributed by atoms with E-state index < -0.39 is 11.8 Å². The first kappa shape index (κ1) is 13.9. The standard InChI is InChI=1S/C11H10ClN5O3/c1-6-16-17-9(20-6)5-14-10(18)11(19)15-8-3-2-7(12)4-13-8/h2-4H,5H2,1H3,(H,14,18)(H,13,15,19). The van der Waals surface area contributed by atoms with E-state index in [-0.39, 0.29) is 18.3 Å². The molecule has 8 nitrogen and oxygen atoms in total. The second-order valence-electron chi connectivity index (χ2n) is 3.71. The molecule has 104 valence electrons. The molecule has 0 fully saturated rings. The molecule has 9 heteroatoms. The van der Waals surface area contributed by atoms with Gasteiger partial charge in [0.25, 0.3) is 0 Å². The van der Waals surface area contributed by atoms with Crippen LogP contribution in [0, 0.1) is 6.92 Å². The van der Waals surface area contributed by atoms with Gasteiger partial charge in [-0.15, -0.1) is 10.2 Å². The van der Waals surface area contributed by atoms with Crippen molar-refractivity contribution in [2.24, 2.45) is 0 Å². The van der Waals surface area contributed by atoms with E-state index in [0.29, 0.717) is 10.9 Å². The second kappa shape index (κ2) is 6.11. The number of carbonyl (C=O) groups excluding carboxylic acids is 2. The summed E-state index contributed by atoms with van der Waals surface area (Å²) < 4.78 is 5.05. The minimum absolute atomic E-state index is 0.0266. The van der Waals surface area contributed by atoms with Crippen LogP contribution in [0.4, 0.5) is 5.82 Å². The number of halogens is 1. The van der Waals surface area contributed by atoms with E-state index in [2.05, 4.69) is 25.8 Å². The van der Waals surface area contributed by atoms with E-state index in [1.54, 1.807) is 13.0 Å². The molecule has 0 saturated carbocycles. The summed E-state index contributed by atoms with van der Waals surface area (Å²) in [4.78, 5) is 26.9. The molecule has 0 atom stereocenters. The summed E-state index contributed by atoms with van der Waals surface area (Å²) in [6.45, 7) is 1.60. The quantitative estimate of drug-likeness (QED) is 0.806. The lowest BCUT2D eigenvalue weighted by molar-refractivity contribution is -0.136. The molecule has 0 aliphatic rings. The molecule has 2 aromatic rings. The van der Waals surface area contributed by atoms with E-state index in [1.165, 1.54) is 12.3 Å². The average Bonchev–Trinajstić information content (AvgIpc) is 2.84. The predicted molar refractivity (Wildman–Crippen MR) is 68.8 cm³/mol. The average molecular weight is 296 g/mol. The number of aromatic nitrogens is 3. The van der Waals surface area contributed by atoms with Crippen LogP contribution in [0.15, 0.2) is 22.7 Å². The maximum Gasteiger partial charge on any atom is 0.314 e. The Bertz CT molecular complexity index is 625. The van der Waals surface area contributed by atoms with Gasteiger partial charge in [-0.1, -0.05) is 11.6 Å². The van der Waals surface area contributed by atoms with Gasteiger partial charge in [-0.2, -0.15) is 0 Å². The van der Waals surface area contributed by atoms with Gasteiger partial charge >= 0.3 is 11.8 Å². The summed E-state index contributed by atoms with van der Waals surface area (Å²) in [6, 6.07) is 3.03. The normalized spacial score (nSPS) is 10.1. The second-order valence-corrected chi connectivity index (χ2v) is 4.15. The van der Waals surface area contributed by atoms with E-state index >= 15 is 0 Å². The van der Waals surface area contributed by atoms with Crippen molar-refractivity contribution in [1.82, 2.24) is 20.5 Å². The van der Waals surface area contributed by atoms with Crippen molar-refractivity contribution in [1.29, 1.82) is 0 Å². The lowest BCUT2D eigenvalue weighted by Gasteiger charge is -2.04. The van der Waals surface area contributed by atoms with Gasteiger partial charge in [-0.05, 0) is 12.1 Å². The first-order valence-corrected chi connectivity index (χ1v) is 5.92. The first-order valence-electron chi connectivity index (χ1n) is 5.54. The Hall–Kier alpha value is -2.48. The Morgan fingerprint density at radius 1 is 1.30 bits per heavy atom. The van der Waals surface area contributed by atoms with Gasteiger partial charge in [0, 0.05) is 13.1 Å². The molecule has 2 rings (SSSR count). The van der Waals surface area contributed by atoms with Crippen molar-refractivity contribution < 1.29 is 14.0 Å². The molecule has 0 bridgehead atoms. The number of hydrogen-bond donors (Lipinski definition) is 2. The molecule has 2 heterocycles. The highest BCUT2D eigenvalue weighted by Gasteiger charge is 2.15. The third kappa shape index (κ3) is 3.75. The van der Waals surface area contributed by atoms with Crippen LogP contribution >= 0.6 is 11.6 Å². The molecule has 0 aliphatic heterocycles. The van der Waals surface area contributed by atoms with E-state index in [9.17, 15) is 9.59 Å². The molecule has 0 spiro atoms. The van der Waals surface area contributed by atoms with Crippen molar-refractivity contribution in [3.8, 4) is 0 Å². The summed E-state index contributed by atoms with van der Waals surface area (Å²) in [5, 5.41) is 12.4. The summed E-state index contributed by atoms with van der Waals surface area (Å²) in [5.41, 5.74) is 0. The molecular formula is C11H10ClN5O3. The molecule has 2 N–H and O–H groups in total. The number of pyridine rings is 1. The lowest BCUT2D eigenvalue weighted by Crippen LogP contribution is -2.35. The number of hydrogen-bond acceptors (Lipinski definition) is 6. The van der Waals surface area contributed by atoms with Crippen LogP contribution in [0.5, 0.6) is 0 Å². The largest absolute Gasteiger partial charge is 0.424 e. The monoisotopic (exact) mass is 295 g/mol. The van der Waals surface area contributed by atoms with Gasteiger partial charge in [-0.25, -0.2) is 4.98 Å². The van der Waals surface area contributed by atoms with Crippen molar-refractivity contribution in [3.05, 3.63) is 35.1 Å². The van der Waals surface area contributed by atoms with Crippen LogP contribution in [-0.2, 0) is 16.1 Å². The highest BCUT2D eigenvalue weighted by atomic mass is 35.5. The van der Waals surface area contributed by atoms with Gasteiger partial charge in [0.05, 0.1) is 11.6 Å². The number of amides is 2. The Kier molecular flexibility index (Phi) is 4.26. The minimum Gasteiger partial charge on any atom is -0.424 e. The van der Waals surface area contributed by atoms with Crippen LogP contribution in [0.25, 0.3) is 0 Å². The van der Waals surface area contributed by atoms with Crippen molar-refractivity contribution >= 4 is 29.2 Å². The van der Waals surface area contributed by atoms with Crippen LogP contribution in [0.1, 0.15) is 11.8 Å². The first-order chi connectivity index (χ1) is 9.54. The summed E-state index contributed by atoms with van der Waals surface area (Å²) in [7, 11) is 0. The molecule has 2 amide bonds. The molecule has 2 aromatic heterocycles. The van der Waals surface area contributed by atoms with Gasteiger partial charge in [0.2, 0.25) is 11.8 Å². The Labute approximate surface area is 118 Å². The van der Waals surface area contributed by atoms with Crippen molar-refractivity contribution in [2.75, 3.05) is 5.32 Å². The van der Waals surface area contributed by atoms with E-state index in [1.807, 2.05) is 0 Å². The smallest absolute Gasteiger partial charge is 0.314 e. The summed E-state index contributed by atoms with van der Waals surface area (Å²) in [5.74, 6) is -0.866. The van der Waals surface area contributed by atoms with Crippen LogP contribution < -0.4 is 10.6 Å². The predicted octanol–water partition coefficient (Wildman–Crippen LogP) is 0.681. The zero-order valence-corrected chi connectivity index (χ0v) is 11.1. The molecule has 20 heavy (non-hydrogen) atoms. The third-order valence-corrected chi connectivity index (χ3v) is 2.37. The number of aryl methyl sites for hydroxylation is 1. The van der Waals surface area contributed by atoms with Crippen LogP contribution in [0.3, 0.4) is 0 Å². The summed E-state index contributed by atoms with van der Waals surface area (Å²) in [6.07, 6.45) is 1.36. The Morgan fingerprint density at radius 3 is 2.70 bits per heavy atom. The highest BCUT2D eigenvalue weighted by Crippen LogP contribution is 2.09. The topological polar surface area (TPSA) is 110 Å². The van der Waals surface area contributed by atoms with E-state index in [4.69, 9.17) is 16.0 Å². The molecule has 0 saturated heterocycles. The zero-order chi connectivity index (χ0) is 14.5. The Morgan fingerprint density at radius 2 is 2.10 bits per heavy atom. The highest BCUT2D eigenvalue weighted by molar-refractivity contribution is 6.39. The zero-order valence-electron chi connectivity index (χ0n) is 10.4. The third-order valence-electron chi connectivity index (χ3n) is 2.14. The number of nitrogens with one attached hydrogen (secondary N) is 2. The number of rotatable bonds is 3. The minimum atomic E-state index is -0.851. The van der Waals surface area contributed by atoms with Gasteiger partial charge in [-0.3, -0.25) is 9.59 Å². The lowest BCUT2D eigenvalue weighted by atomic mass is 10.4. The number of carbonyl (C=O) groups is 2. The van der Waals surface area contributed by atoms with Crippen molar-refractivity contribution in [2.45, 2.75) is 13.5 Å². The molecule has 0 aromatic carbocycles. The van der Waals surface area contributed by atoms with Gasteiger partial charge < -0.3 is 15.1 Å². The van der Waals surface area contributed by atoms with Crippen LogP contribution in [0.2, 0.25) is 5.02 Å². The fourth-order valence-electron chi connectivity index (χ4n) is 1.27. The van der Waals surface area contributed by atoms with Crippen LogP contribution in [-0.4, -0.2) is 27.0 Å². The van der Waals surface area contributed by atoms with Gasteiger partial charge in [0.1, 0.15) is 5.82 Å². The maximum absolute atomic E-state index is 11.6.